The normalized spacial score (nSPS) is 14.7. The van der Waals surface area contributed by atoms with Crippen LogP contribution in [-0.2, 0) is 9.59 Å². The minimum Gasteiger partial charge on any atom is -0.378 e. The van der Waals surface area contributed by atoms with E-state index in [4.69, 9.17) is 0 Å². The first-order valence-electron chi connectivity index (χ1n) is 11.2. The molecule has 8 heteroatoms. The van der Waals surface area contributed by atoms with Crippen molar-refractivity contribution in [2.24, 2.45) is 0 Å². The Labute approximate surface area is 209 Å². The molecule has 0 spiro atoms. The van der Waals surface area contributed by atoms with Gasteiger partial charge in [0.2, 0.25) is 5.91 Å². The first-order chi connectivity index (χ1) is 16.6. The number of aromatic nitrogens is 1. The zero-order valence-electron chi connectivity index (χ0n) is 20.5. The maximum atomic E-state index is 13.0. The number of carbonyl (C=O) groups is 3. The number of hydrogen-bond donors (Lipinski definition) is 1. The number of thioether (sulfide) groups is 1. The Morgan fingerprint density at radius 2 is 1.74 bits per heavy atom. The van der Waals surface area contributed by atoms with E-state index in [1.807, 2.05) is 64.0 Å². The lowest BCUT2D eigenvalue weighted by Gasteiger charge is -2.15. The van der Waals surface area contributed by atoms with E-state index in [0.717, 1.165) is 50.6 Å². The van der Waals surface area contributed by atoms with Crippen LogP contribution in [0.25, 0.3) is 11.8 Å². The summed E-state index contributed by atoms with van der Waals surface area (Å²) in [5.41, 5.74) is 6.59. The van der Waals surface area contributed by atoms with Gasteiger partial charge in [0.15, 0.2) is 0 Å². The largest absolute Gasteiger partial charge is 0.378 e. The first kappa shape index (κ1) is 24.3. The van der Waals surface area contributed by atoms with Crippen LogP contribution in [0.4, 0.5) is 16.2 Å². The van der Waals surface area contributed by atoms with Crippen LogP contribution >= 0.6 is 11.8 Å². The fourth-order valence-electron chi connectivity index (χ4n) is 4.08. The molecule has 7 nitrogen and oxygen atoms in total. The van der Waals surface area contributed by atoms with Crippen molar-refractivity contribution in [3.8, 4) is 5.69 Å². The molecule has 1 aromatic heterocycles. The van der Waals surface area contributed by atoms with E-state index in [-0.39, 0.29) is 6.54 Å². The van der Waals surface area contributed by atoms with Crippen LogP contribution in [0.15, 0.2) is 59.5 Å². The molecular formula is C27H28N4O3S. The van der Waals surface area contributed by atoms with Crippen molar-refractivity contribution >= 4 is 46.3 Å². The summed E-state index contributed by atoms with van der Waals surface area (Å²) in [6, 6.07) is 17.6. The van der Waals surface area contributed by atoms with E-state index >= 15 is 0 Å². The summed E-state index contributed by atoms with van der Waals surface area (Å²) in [5, 5.41) is 2.29. The summed E-state index contributed by atoms with van der Waals surface area (Å²) in [6.07, 6.45) is 1.73. The van der Waals surface area contributed by atoms with Gasteiger partial charge in [-0.1, -0.05) is 12.1 Å². The van der Waals surface area contributed by atoms with Crippen LogP contribution in [0, 0.1) is 20.8 Å². The maximum Gasteiger partial charge on any atom is 0.294 e. The zero-order valence-corrected chi connectivity index (χ0v) is 21.3. The average Bonchev–Trinajstić information content (AvgIpc) is 3.23. The van der Waals surface area contributed by atoms with Crippen molar-refractivity contribution in [3.63, 3.8) is 0 Å². The van der Waals surface area contributed by atoms with Crippen molar-refractivity contribution in [2.75, 3.05) is 30.9 Å². The Balaban J connectivity index is 1.52. The number of carbonyl (C=O) groups excluding carboxylic acids is 3. The quantitative estimate of drug-likeness (QED) is 0.486. The highest BCUT2D eigenvalue weighted by Crippen LogP contribution is 2.34. The third-order valence-electron chi connectivity index (χ3n) is 5.86. The summed E-state index contributed by atoms with van der Waals surface area (Å²) >= 11 is 0.856. The minimum atomic E-state index is -0.459. The van der Waals surface area contributed by atoms with Gasteiger partial charge in [0.05, 0.1) is 4.91 Å². The summed E-state index contributed by atoms with van der Waals surface area (Å²) in [4.78, 5) is 41.3. The second-order valence-electron chi connectivity index (χ2n) is 8.76. The predicted octanol–water partition coefficient (Wildman–Crippen LogP) is 5.14. The highest BCUT2D eigenvalue weighted by molar-refractivity contribution is 8.18. The van der Waals surface area contributed by atoms with Gasteiger partial charge in [0, 0.05) is 42.5 Å². The standard InChI is InChI=1S/C27H28N4O3S/c1-17-7-6-8-21(13-17)28-25(32)16-30-26(33)24(35-27(30)34)15-20-14-18(2)31(19(20)3)23-11-9-22(10-12-23)29(4)5/h6-15H,16H2,1-5H3,(H,28,32)/b24-15+. The third-order valence-corrected chi connectivity index (χ3v) is 6.77. The molecule has 2 heterocycles. The summed E-state index contributed by atoms with van der Waals surface area (Å²) in [5.74, 6) is -0.877. The number of rotatable bonds is 6. The molecule has 1 aliphatic heterocycles. The monoisotopic (exact) mass is 488 g/mol. The Hall–Kier alpha value is -3.78. The van der Waals surface area contributed by atoms with Crippen LogP contribution in [0.1, 0.15) is 22.5 Å². The lowest BCUT2D eigenvalue weighted by Crippen LogP contribution is -2.36. The van der Waals surface area contributed by atoms with Gasteiger partial charge >= 0.3 is 0 Å². The molecule has 2 aromatic carbocycles. The van der Waals surface area contributed by atoms with E-state index in [1.165, 1.54) is 0 Å². The molecule has 0 aliphatic carbocycles. The second-order valence-corrected chi connectivity index (χ2v) is 9.75. The van der Waals surface area contributed by atoms with E-state index in [0.29, 0.717) is 10.6 Å². The zero-order chi connectivity index (χ0) is 25.3. The molecule has 3 aromatic rings. The summed E-state index contributed by atoms with van der Waals surface area (Å²) < 4.78 is 2.12. The molecule has 180 valence electrons. The lowest BCUT2D eigenvalue weighted by molar-refractivity contribution is -0.127. The third kappa shape index (κ3) is 5.17. The van der Waals surface area contributed by atoms with Gasteiger partial charge in [0.1, 0.15) is 6.54 Å². The molecular weight excluding hydrogens is 460 g/mol. The Morgan fingerprint density at radius 3 is 2.40 bits per heavy atom. The SMILES string of the molecule is Cc1cccc(NC(=O)CN2C(=O)S/C(=C/c3cc(C)n(-c4ccc(N(C)C)cc4)c3C)C2=O)c1. The van der Waals surface area contributed by atoms with E-state index in [9.17, 15) is 14.4 Å². The number of aryl methyl sites for hydroxylation is 2. The molecule has 0 radical (unpaired) electrons. The van der Waals surface area contributed by atoms with Gasteiger partial charge in [-0.05, 0) is 92.2 Å². The molecule has 0 saturated carbocycles. The molecule has 1 aliphatic rings. The number of imide groups is 1. The van der Waals surface area contributed by atoms with Crippen molar-refractivity contribution in [1.82, 2.24) is 9.47 Å². The highest BCUT2D eigenvalue weighted by Gasteiger charge is 2.36. The second kappa shape index (κ2) is 9.84. The number of nitrogens with zero attached hydrogens (tertiary/aromatic N) is 3. The molecule has 0 bridgehead atoms. The molecule has 1 saturated heterocycles. The molecule has 4 rings (SSSR count). The van der Waals surface area contributed by atoms with Crippen molar-refractivity contribution in [1.29, 1.82) is 0 Å². The Bertz CT molecular complexity index is 1340. The Morgan fingerprint density at radius 1 is 1.03 bits per heavy atom. The number of benzene rings is 2. The molecule has 3 amide bonds. The minimum absolute atomic E-state index is 0.307. The number of amides is 3. The van der Waals surface area contributed by atoms with E-state index in [2.05, 4.69) is 34.1 Å². The molecule has 1 fully saturated rings. The smallest absolute Gasteiger partial charge is 0.294 e. The predicted molar refractivity (Wildman–Crippen MR) is 142 cm³/mol. The number of hydrogen-bond acceptors (Lipinski definition) is 5. The van der Waals surface area contributed by atoms with Crippen molar-refractivity contribution in [3.05, 3.63) is 82.0 Å². The van der Waals surface area contributed by atoms with Gasteiger partial charge in [-0.2, -0.15) is 0 Å². The highest BCUT2D eigenvalue weighted by atomic mass is 32.2. The molecule has 35 heavy (non-hydrogen) atoms. The van der Waals surface area contributed by atoms with Crippen LogP contribution in [0.2, 0.25) is 0 Å². The van der Waals surface area contributed by atoms with Crippen LogP contribution in [-0.4, -0.2) is 47.2 Å². The Kier molecular flexibility index (Phi) is 6.84. The van der Waals surface area contributed by atoms with Gasteiger partial charge in [0.25, 0.3) is 11.1 Å². The van der Waals surface area contributed by atoms with Gasteiger partial charge < -0.3 is 14.8 Å². The average molecular weight is 489 g/mol. The van der Waals surface area contributed by atoms with Gasteiger partial charge in [-0.3, -0.25) is 19.3 Å². The first-order valence-corrected chi connectivity index (χ1v) is 12.0. The van der Waals surface area contributed by atoms with E-state index in [1.54, 1.807) is 12.1 Å². The molecule has 0 atom stereocenters. The fourth-order valence-corrected chi connectivity index (χ4v) is 4.90. The maximum absolute atomic E-state index is 13.0. The van der Waals surface area contributed by atoms with Crippen molar-refractivity contribution < 1.29 is 14.4 Å². The van der Waals surface area contributed by atoms with Crippen molar-refractivity contribution in [2.45, 2.75) is 20.8 Å². The fraction of sp³-hybridized carbons (Fsp3) is 0.222. The number of nitrogens with one attached hydrogen (secondary N) is 1. The molecule has 0 unspecified atom stereocenters. The topological polar surface area (TPSA) is 74.7 Å². The van der Waals surface area contributed by atoms with E-state index < -0.39 is 17.1 Å². The summed E-state index contributed by atoms with van der Waals surface area (Å²) in [6.45, 7) is 5.59. The van der Waals surface area contributed by atoms with Crippen LogP contribution in [0.3, 0.4) is 0 Å². The van der Waals surface area contributed by atoms with Gasteiger partial charge in [-0.15, -0.1) is 0 Å². The number of anilines is 2. The lowest BCUT2D eigenvalue weighted by atomic mass is 10.2. The van der Waals surface area contributed by atoms with Gasteiger partial charge in [-0.25, -0.2) is 0 Å². The molecule has 1 N–H and O–H groups in total. The van der Waals surface area contributed by atoms with Crippen LogP contribution in [0.5, 0.6) is 0 Å². The summed E-state index contributed by atoms with van der Waals surface area (Å²) in [7, 11) is 4.00. The van der Waals surface area contributed by atoms with Crippen LogP contribution < -0.4 is 10.2 Å².